The molecule has 1 heterocycles. The van der Waals surface area contributed by atoms with Crippen molar-refractivity contribution in [2.24, 2.45) is 0 Å². The SMILES string of the molecule is COc1ccc(C(=O)Nc2ccccc2C(=O)Nc2ccc(CCN3CCc4cc(OC)c(OC)cc4C3)cc2)cc1. The number of ether oxygens (including phenoxy) is 3. The molecule has 1 aliphatic rings. The number of para-hydroxylation sites is 1. The highest BCUT2D eigenvalue weighted by Gasteiger charge is 2.19. The molecule has 8 heteroatoms. The normalized spacial score (nSPS) is 12.6. The zero-order valence-electron chi connectivity index (χ0n) is 24.1. The minimum atomic E-state index is -0.307. The second-order valence-corrected chi connectivity index (χ2v) is 10.1. The van der Waals surface area contributed by atoms with Crippen molar-refractivity contribution < 1.29 is 23.8 Å². The van der Waals surface area contributed by atoms with Gasteiger partial charge in [0.05, 0.1) is 32.6 Å². The molecule has 0 bridgehead atoms. The van der Waals surface area contributed by atoms with Crippen molar-refractivity contribution in [3.8, 4) is 17.2 Å². The maximum atomic E-state index is 13.1. The van der Waals surface area contributed by atoms with Gasteiger partial charge < -0.3 is 24.8 Å². The Morgan fingerprint density at radius 2 is 1.45 bits per heavy atom. The zero-order chi connectivity index (χ0) is 29.5. The summed E-state index contributed by atoms with van der Waals surface area (Å²) in [6.45, 7) is 2.80. The van der Waals surface area contributed by atoms with Crippen molar-refractivity contribution in [3.05, 3.63) is 113 Å². The van der Waals surface area contributed by atoms with Crippen LogP contribution in [0.15, 0.2) is 84.9 Å². The van der Waals surface area contributed by atoms with Crippen LogP contribution in [-0.2, 0) is 19.4 Å². The van der Waals surface area contributed by atoms with Crippen LogP contribution >= 0.6 is 0 Å². The Hall–Kier alpha value is -4.82. The zero-order valence-corrected chi connectivity index (χ0v) is 24.1. The van der Waals surface area contributed by atoms with Crippen LogP contribution in [0.3, 0.4) is 0 Å². The maximum Gasteiger partial charge on any atom is 0.257 e. The van der Waals surface area contributed by atoms with Crippen LogP contribution in [0, 0.1) is 0 Å². The quantitative estimate of drug-likeness (QED) is 0.252. The van der Waals surface area contributed by atoms with Crippen LogP contribution in [0.2, 0.25) is 0 Å². The summed E-state index contributed by atoms with van der Waals surface area (Å²) < 4.78 is 16.1. The number of nitrogens with zero attached hydrogens (tertiary/aromatic N) is 1. The standard InChI is InChI=1S/C34H35N3O5/c1-40-28-14-10-24(11-15-28)33(38)36-30-7-5-4-6-29(30)34(39)35-27-12-8-23(9-13-27)16-18-37-19-17-25-20-31(41-2)32(42-3)21-26(25)22-37/h4-15,20-21H,16-19,22H2,1-3H3,(H,35,39)(H,36,38). The lowest BCUT2D eigenvalue weighted by Crippen LogP contribution is -2.32. The molecule has 0 aliphatic carbocycles. The molecule has 2 amide bonds. The molecule has 0 unspecified atom stereocenters. The molecule has 0 aromatic heterocycles. The first kappa shape index (κ1) is 28.7. The highest BCUT2D eigenvalue weighted by molar-refractivity contribution is 6.12. The lowest BCUT2D eigenvalue weighted by atomic mass is 9.98. The van der Waals surface area contributed by atoms with E-state index in [-0.39, 0.29) is 11.8 Å². The summed E-state index contributed by atoms with van der Waals surface area (Å²) in [6.07, 6.45) is 1.87. The number of anilines is 2. The smallest absolute Gasteiger partial charge is 0.257 e. The fourth-order valence-corrected chi connectivity index (χ4v) is 5.10. The van der Waals surface area contributed by atoms with Gasteiger partial charge in [-0.25, -0.2) is 0 Å². The van der Waals surface area contributed by atoms with E-state index in [1.165, 1.54) is 16.7 Å². The Balaban J connectivity index is 1.17. The molecule has 42 heavy (non-hydrogen) atoms. The van der Waals surface area contributed by atoms with Gasteiger partial charge >= 0.3 is 0 Å². The van der Waals surface area contributed by atoms with Crippen LogP contribution in [0.4, 0.5) is 11.4 Å². The maximum absolute atomic E-state index is 13.1. The molecule has 0 radical (unpaired) electrons. The van der Waals surface area contributed by atoms with Gasteiger partial charge in [0.25, 0.3) is 11.8 Å². The fourth-order valence-electron chi connectivity index (χ4n) is 5.10. The molecule has 4 aromatic rings. The van der Waals surface area contributed by atoms with E-state index in [1.54, 1.807) is 69.9 Å². The third-order valence-corrected chi connectivity index (χ3v) is 7.50. The number of methoxy groups -OCH3 is 3. The van der Waals surface area contributed by atoms with Crippen molar-refractivity contribution in [2.75, 3.05) is 45.1 Å². The molecule has 0 atom stereocenters. The van der Waals surface area contributed by atoms with Crippen LogP contribution in [0.1, 0.15) is 37.4 Å². The summed E-state index contributed by atoms with van der Waals surface area (Å²) in [7, 11) is 4.90. The Labute approximate surface area is 246 Å². The third-order valence-electron chi connectivity index (χ3n) is 7.50. The molecule has 4 aromatic carbocycles. The topological polar surface area (TPSA) is 89.1 Å². The van der Waals surface area contributed by atoms with Gasteiger partial charge in [-0.3, -0.25) is 14.5 Å². The number of benzene rings is 4. The van der Waals surface area contributed by atoms with E-state index >= 15 is 0 Å². The average molecular weight is 566 g/mol. The molecular weight excluding hydrogens is 530 g/mol. The number of carbonyl (C=O) groups is 2. The molecule has 1 aliphatic heterocycles. The fraction of sp³-hybridized carbons (Fsp3) is 0.235. The van der Waals surface area contributed by atoms with E-state index in [2.05, 4.69) is 27.7 Å². The van der Waals surface area contributed by atoms with Crippen molar-refractivity contribution in [3.63, 3.8) is 0 Å². The Morgan fingerprint density at radius 1 is 0.762 bits per heavy atom. The van der Waals surface area contributed by atoms with Crippen LogP contribution in [0.25, 0.3) is 0 Å². The largest absolute Gasteiger partial charge is 0.497 e. The highest BCUT2D eigenvalue weighted by Crippen LogP contribution is 2.33. The Bertz CT molecular complexity index is 1550. The molecule has 0 fully saturated rings. The number of hydrogen-bond acceptors (Lipinski definition) is 6. The predicted molar refractivity (Wildman–Crippen MR) is 164 cm³/mol. The van der Waals surface area contributed by atoms with Crippen molar-refractivity contribution in [1.82, 2.24) is 4.90 Å². The molecule has 2 N–H and O–H groups in total. The number of rotatable bonds is 10. The van der Waals surface area contributed by atoms with E-state index in [0.717, 1.165) is 44.0 Å². The summed E-state index contributed by atoms with van der Waals surface area (Å²) in [6, 6.07) is 25.8. The summed E-state index contributed by atoms with van der Waals surface area (Å²) in [5.74, 6) is 1.60. The van der Waals surface area contributed by atoms with Gasteiger partial charge in [0.2, 0.25) is 0 Å². The van der Waals surface area contributed by atoms with E-state index in [1.807, 2.05) is 24.3 Å². The summed E-state index contributed by atoms with van der Waals surface area (Å²) in [5, 5.41) is 5.80. The second-order valence-electron chi connectivity index (χ2n) is 10.1. The molecule has 5 rings (SSSR count). The lowest BCUT2D eigenvalue weighted by molar-refractivity contribution is 0.102. The van der Waals surface area contributed by atoms with Crippen LogP contribution in [-0.4, -0.2) is 51.1 Å². The first-order valence-corrected chi connectivity index (χ1v) is 13.9. The number of nitrogens with one attached hydrogen (secondary N) is 2. The minimum absolute atomic E-state index is 0.299. The predicted octanol–water partition coefficient (Wildman–Crippen LogP) is 5.82. The highest BCUT2D eigenvalue weighted by atomic mass is 16.5. The van der Waals surface area contributed by atoms with Gasteiger partial charge in [0.1, 0.15) is 5.75 Å². The number of hydrogen-bond donors (Lipinski definition) is 2. The monoisotopic (exact) mass is 565 g/mol. The van der Waals surface area contributed by atoms with Crippen molar-refractivity contribution >= 4 is 23.2 Å². The molecule has 216 valence electrons. The Morgan fingerprint density at radius 3 is 2.14 bits per heavy atom. The summed E-state index contributed by atoms with van der Waals surface area (Å²) in [5.41, 5.74) is 5.75. The van der Waals surface area contributed by atoms with E-state index < -0.39 is 0 Å². The van der Waals surface area contributed by atoms with Gasteiger partial charge in [0.15, 0.2) is 11.5 Å². The number of carbonyl (C=O) groups excluding carboxylic acids is 2. The molecule has 0 saturated heterocycles. The van der Waals surface area contributed by atoms with E-state index in [4.69, 9.17) is 14.2 Å². The van der Waals surface area contributed by atoms with Crippen molar-refractivity contribution in [2.45, 2.75) is 19.4 Å². The lowest BCUT2D eigenvalue weighted by Gasteiger charge is -2.29. The number of amides is 2. The Kier molecular flexibility index (Phi) is 9.04. The van der Waals surface area contributed by atoms with Gasteiger partial charge in [-0.15, -0.1) is 0 Å². The van der Waals surface area contributed by atoms with Crippen LogP contribution in [0.5, 0.6) is 17.2 Å². The van der Waals surface area contributed by atoms with Crippen LogP contribution < -0.4 is 24.8 Å². The van der Waals surface area contributed by atoms with Gasteiger partial charge in [0, 0.05) is 30.9 Å². The molecule has 0 spiro atoms. The second kappa shape index (κ2) is 13.2. The summed E-state index contributed by atoms with van der Waals surface area (Å²) in [4.78, 5) is 28.4. The van der Waals surface area contributed by atoms with E-state index in [0.29, 0.717) is 28.3 Å². The average Bonchev–Trinajstić information content (AvgIpc) is 3.03. The minimum Gasteiger partial charge on any atom is -0.497 e. The third kappa shape index (κ3) is 6.72. The summed E-state index contributed by atoms with van der Waals surface area (Å²) >= 11 is 0. The molecule has 0 saturated carbocycles. The molecular formula is C34H35N3O5. The first-order chi connectivity index (χ1) is 20.5. The van der Waals surface area contributed by atoms with Gasteiger partial charge in [-0.05, 0) is 90.2 Å². The van der Waals surface area contributed by atoms with Crippen molar-refractivity contribution in [1.29, 1.82) is 0 Å². The first-order valence-electron chi connectivity index (χ1n) is 13.9. The van der Waals surface area contributed by atoms with E-state index in [9.17, 15) is 9.59 Å². The molecule has 8 nitrogen and oxygen atoms in total. The van der Waals surface area contributed by atoms with Gasteiger partial charge in [-0.1, -0.05) is 24.3 Å². The number of fused-ring (bicyclic) bond motifs is 1. The van der Waals surface area contributed by atoms with Gasteiger partial charge in [-0.2, -0.15) is 0 Å².